The van der Waals surface area contributed by atoms with Gasteiger partial charge in [-0.15, -0.1) is 0 Å². The van der Waals surface area contributed by atoms with Gasteiger partial charge in [0.15, 0.2) is 5.13 Å². The number of ether oxygens (including phenoxy) is 1. The van der Waals surface area contributed by atoms with Crippen LogP contribution in [0.1, 0.15) is 40.7 Å². The number of hydrogen-bond donors (Lipinski definition) is 0. The Bertz CT molecular complexity index is 932. The lowest BCUT2D eigenvalue weighted by atomic mass is 10.2. The van der Waals surface area contributed by atoms with E-state index in [0.29, 0.717) is 21.3 Å². The normalized spacial score (nSPS) is 13.5. The van der Waals surface area contributed by atoms with Crippen LogP contribution in [0.25, 0.3) is 6.08 Å². The first kappa shape index (κ1) is 19.7. The molecule has 1 heterocycles. The Hall–Kier alpha value is -3.07. The molecule has 1 aromatic heterocycles. The van der Waals surface area contributed by atoms with Crippen molar-refractivity contribution in [1.29, 1.82) is 0 Å². The van der Waals surface area contributed by atoms with Crippen LogP contribution in [0.3, 0.4) is 0 Å². The monoisotopic (exact) mass is 401 g/mol. The van der Waals surface area contributed by atoms with Gasteiger partial charge in [-0.05, 0) is 50.5 Å². The summed E-state index contributed by atoms with van der Waals surface area (Å²) in [5.74, 6) is -0.682. The predicted octanol–water partition coefficient (Wildman–Crippen LogP) is 3.75. The van der Waals surface area contributed by atoms with Gasteiger partial charge in [-0.3, -0.25) is 19.8 Å². The summed E-state index contributed by atoms with van der Waals surface area (Å²) >= 11 is 1.15. The summed E-state index contributed by atoms with van der Waals surface area (Å²) in [5.41, 5.74) is 1.21. The summed E-state index contributed by atoms with van der Waals surface area (Å²) in [6, 6.07) is 6.00. The molecule has 9 heteroatoms. The summed E-state index contributed by atoms with van der Waals surface area (Å²) in [6.07, 6.45) is 4.78. The fourth-order valence-corrected chi connectivity index (χ4v) is 3.63. The number of thiazole rings is 1. The maximum Gasteiger partial charge on any atom is 0.350 e. The van der Waals surface area contributed by atoms with E-state index in [1.807, 2.05) is 0 Å². The summed E-state index contributed by atoms with van der Waals surface area (Å²) < 4.78 is 5.04. The molecule has 2 aromatic rings. The number of carbonyl (C=O) groups is 2. The first-order chi connectivity index (χ1) is 13.4. The zero-order chi connectivity index (χ0) is 20.3. The standard InChI is InChI=1S/C19H19N3O5S/c1-3-27-18(24)17-12(2)20-19(28-17)21(14-9-10-14)16(23)11-6-13-4-7-15(8-5-13)22(25)26/h4-8,11,14H,3,9-10H2,1-2H3. The third-order valence-corrected chi connectivity index (χ3v) is 5.26. The summed E-state index contributed by atoms with van der Waals surface area (Å²) in [4.78, 5) is 41.4. The lowest BCUT2D eigenvalue weighted by Crippen LogP contribution is -2.31. The molecule has 1 aliphatic rings. The third-order valence-electron chi connectivity index (χ3n) is 4.12. The average molecular weight is 401 g/mol. The highest BCUT2D eigenvalue weighted by Crippen LogP contribution is 2.36. The molecule has 1 saturated carbocycles. The van der Waals surface area contributed by atoms with Gasteiger partial charge in [0.2, 0.25) is 0 Å². The van der Waals surface area contributed by atoms with Gasteiger partial charge in [-0.2, -0.15) is 0 Å². The number of nitro benzene ring substituents is 1. The molecule has 1 aliphatic carbocycles. The number of carbonyl (C=O) groups excluding carboxylic acids is 2. The van der Waals surface area contributed by atoms with Crippen molar-refractivity contribution < 1.29 is 19.2 Å². The second kappa shape index (κ2) is 8.30. The average Bonchev–Trinajstić information content (AvgIpc) is 3.42. The van der Waals surface area contributed by atoms with Crippen molar-refractivity contribution in [1.82, 2.24) is 4.98 Å². The number of amides is 1. The minimum atomic E-state index is -0.473. The quantitative estimate of drug-likeness (QED) is 0.303. The lowest BCUT2D eigenvalue weighted by molar-refractivity contribution is -0.384. The Morgan fingerprint density at radius 1 is 1.36 bits per heavy atom. The molecule has 28 heavy (non-hydrogen) atoms. The maximum atomic E-state index is 12.8. The summed E-state index contributed by atoms with van der Waals surface area (Å²) in [5, 5.41) is 11.2. The Morgan fingerprint density at radius 2 is 2.04 bits per heavy atom. The van der Waals surface area contributed by atoms with Crippen LogP contribution in [0.5, 0.6) is 0 Å². The van der Waals surface area contributed by atoms with Gasteiger partial charge < -0.3 is 4.74 Å². The Labute approximate surface area is 165 Å². The topological polar surface area (TPSA) is 103 Å². The zero-order valence-electron chi connectivity index (χ0n) is 15.5. The molecule has 0 spiro atoms. The number of non-ortho nitro benzene ring substituents is 1. The first-order valence-electron chi connectivity index (χ1n) is 8.81. The zero-order valence-corrected chi connectivity index (χ0v) is 16.3. The third kappa shape index (κ3) is 4.42. The van der Waals surface area contributed by atoms with Crippen molar-refractivity contribution in [2.24, 2.45) is 0 Å². The van der Waals surface area contributed by atoms with E-state index in [-0.39, 0.29) is 24.2 Å². The Kier molecular flexibility index (Phi) is 5.84. The van der Waals surface area contributed by atoms with Gasteiger partial charge in [0.1, 0.15) is 4.88 Å². The number of hydrogen-bond acceptors (Lipinski definition) is 7. The number of nitro groups is 1. The van der Waals surface area contributed by atoms with Crippen LogP contribution < -0.4 is 4.90 Å². The molecule has 0 atom stereocenters. The van der Waals surface area contributed by atoms with Crippen molar-refractivity contribution in [3.8, 4) is 0 Å². The molecule has 1 fully saturated rings. The molecule has 0 radical (unpaired) electrons. The highest BCUT2D eigenvalue weighted by Gasteiger charge is 2.35. The number of rotatable bonds is 7. The van der Waals surface area contributed by atoms with Crippen LogP contribution in [0.15, 0.2) is 30.3 Å². The molecule has 0 aliphatic heterocycles. The lowest BCUT2D eigenvalue weighted by Gasteiger charge is -2.17. The summed E-state index contributed by atoms with van der Waals surface area (Å²) in [7, 11) is 0. The van der Waals surface area contributed by atoms with Crippen LogP contribution in [0, 0.1) is 17.0 Å². The van der Waals surface area contributed by atoms with Crippen molar-refractivity contribution in [3.63, 3.8) is 0 Å². The molecule has 1 aromatic carbocycles. The van der Waals surface area contributed by atoms with Crippen LogP contribution in [-0.2, 0) is 9.53 Å². The summed E-state index contributed by atoms with van der Waals surface area (Å²) in [6.45, 7) is 3.72. The molecule has 8 nitrogen and oxygen atoms in total. The van der Waals surface area contributed by atoms with Crippen LogP contribution in [0.2, 0.25) is 0 Å². The second-order valence-corrected chi connectivity index (χ2v) is 7.23. The van der Waals surface area contributed by atoms with Gasteiger partial charge in [0.05, 0.1) is 17.2 Å². The number of benzene rings is 1. The number of aromatic nitrogens is 1. The van der Waals surface area contributed by atoms with Crippen LogP contribution in [0.4, 0.5) is 10.8 Å². The van der Waals surface area contributed by atoms with E-state index in [1.165, 1.54) is 18.2 Å². The van der Waals surface area contributed by atoms with E-state index >= 15 is 0 Å². The maximum absolute atomic E-state index is 12.8. The number of nitrogens with zero attached hydrogens (tertiary/aromatic N) is 3. The van der Waals surface area contributed by atoms with E-state index < -0.39 is 10.9 Å². The molecule has 1 amide bonds. The predicted molar refractivity (Wildman–Crippen MR) is 105 cm³/mol. The van der Waals surface area contributed by atoms with E-state index in [2.05, 4.69) is 4.98 Å². The number of anilines is 1. The largest absolute Gasteiger partial charge is 0.462 e. The highest BCUT2D eigenvalue weighted by molar-refractivity contribution is 7.17. The van der Waals surface area contributed by atoms with E-state index in [1.54, 1.807) is 37.0 Å². The fraction of sp³-hybridized carbons (Fsp3) is 0.316. The molecular formula is C19H19N3O5S. The molecule has 3 rings (SSSR count). The first-order valence-corrected chi connectivity index (χ1v) is 9.62. The Morgan fingerprint density at radius 3 is 2.61 bits per heavy atom. The van der Waals surface area contributed by atoms with Gasteiger partial charge in [-0.1, -0.05) is 11.3 Å². The minimum absolute atomic E-state index is 0.00663. The van der Waals surface area contributed by atoms with Gasteiger partial charge in [-0.25, -0.2) is 9.78 Å². The number of aryl methyl sites for hydroxylation is 1. The SMILES string of the molecule is CCOC(=O)c1sc(N(C(=O)C=Cc2ccc([N+](=O)[O-])cc2)C2CC2)nc1C. The van der Waals surface area contributed by atoms with Crippen molar-refractivity contribution in [2.45, 2.75) is 32.7 Å². The molecule has 0 bridgehead atoms. The van der Waals surface area contributed by atoms with Gasteiger partial charge in [0, 0.05) is 24.3 Å². The van der Waals surface area contributed by atoms with Crippen molar-refractivity contribution >= 4 is 40.1 Å². The molecule has 0 saturated heterocycles. The highest BCUT2D eigenvalue weighted by atomic mass is 32.1. The molecule has 146 valence electrons. The van der Waals surface area contributed by atoms with E-state index in [0.717, 1.165) is 24.2 Å². The fourth-order valence-electron chi connectivity index (χ4n) is 2.59. The van der Waals surface area contributed by atoms with Gasteiger partial charge >= 0.3 is 5.97 Å². The minimum Gasteiger partial charge on any atom is -0.462 e. The Balaban J connectivity index is 1.79. The van der Waals surface area contributed by atoms with Crippen molar-refractivity contribution in [3.05, 3.63) is 56.6 Å². The second-order valence-electron chi connectivity index (χ2n) is 6.25. The number of esters is 1. The smallest absolute Gasteiger partial charge is 0.350 e. The molecule has 0 unspecified atom stereocenters. The van der Waals surface area contributed by atoms with Crippen LogP contribution in [-0.4, -0.2) is 34.4 Å². The van der Waals surface area contributed by atoms with E-state index in [4.69, 9.17) is 4.74 Å². The molecule has 0 N–H and O–H groups in total. The van der Waals surface area contributed by atoms with Crippen LogP contribution >= 0.6 is 11.3 Å². The van der Waals surface area contributed by atoms with Crippen molar-refractivity contribution in [2.75, 3.05) is 11.5 Å². The molecular weight excluding hydrogens is 382 g/mol. The van der Waals surface area contributed by atoms with Gasteiger partial charge in [0.25, 0.3) is 11.6 Å². The van der Waals surface area contributed by atoms with E-state index in [9.17, 15) is 19.7 Å².